The number of carboxylic acid groups (broad SMARTS) is 1. The number of aliphatic carboxylic acids is 1. The Morgan fingerprint density at radius 2 is 1.86 bits per heavy atom. The summed E-state index contributed by atoms with van der Waals surface area (Å²) in [6, 6.07) is 8.20. The van der Waals surface area contributed by atoms with Crippen LogP contribution in [0.15, 0.2) is 29.3 Å². The SMILES string of the molecule is COc1ccc([C@@H]2c3sc(=S)n(C)c3S[C@@H]3[C@H]4C[C@@H]([C@@H]5C(=O)N(CCCC(=O)O)C(=O)[C@H]45)[C@@H]23)cc1. The van der Waals surface area contributed by atoms with Crippen LogP contribution in [0, 0.1) is 33.5 Å². The summed E-state index contributed by atoms with van der Waals surface area (Å²) in [6.45, 7) is 0.197. The number of nitrogens with zero attached hydrogens (tertiary/aromatic N) is 2. The van der Waals surface area contributed by atoms with Gasteiger partial charge in [0.15, 0.2) is 3.95 Å². The van der Waals surface area contributed by atoms with Crippen molar-refractivity contribution in [3.05, 3.63) is 38.7 Å². The van der Waals surface area contributed by atoms with Gasteiger partial charge in [0, 0.05) is 36.1 Å². The fourth-order valence-corrected chi connectivity index (χ4v) is 10.6. The number of rotatable bonds is 6. The highest BCUT2D eigenvalue weighted by molar-refractivity contribution is 8.00. The zero-order chi connectivity index (χ0) is 24.6. The highest BCUT2D eigenvalue weighted by atomic mass is 32.2. The van der Waals surface area contributed by atoms with Crippen LogP contribution in [0.2, 0.25) is 0 Å². The topological polar surface area (TPSA) is 88.8 Å². The van der Waals surface area contributed by atoms with E-state index in [0.29, 0.717) is 6.42 Å². The maximum Gasteiger partial charge on any atom is 0.303 e. The van der Waals surface area contributed by atoms with Crippen molar-refractivity contribution in [2.24, 2.45) is 36.6 Å². The number of imide groups is 1. The fraction of sp³-hybridized carbons (Fsp3) is 0.520. The first-order chi connectivity index (χ1) is 16.8. The number of thiazole rings is 1. The van der Waals surface area contributed by atoms with E-state index in [4.69, 9.17) is 22.1 Å². The maximum absolute atomic E-state index is 13.5. The Morgan fingerprint density at radius 3 is 2.51 bits per heavy atom. The van der Waals surface area contributed by atoms with Gasteiger partial charge in [-0.2, -0.15) is 0 Å². The maximum atomic E-state index is 13.5. The number of hydrogen-bond acceptors (Lipinski definition) is 7. The van der Waals surface area contributed by atoms with E-state index < -0.39 is 5.97 Å². The molecule has 35 heavy (non-hydrogen) atoms. The van der Waals surface area contributed by atoms with Crippen molar-refractivity contribution in [3.8, 4) is 5.75 Å². The number of fused-ring (bicyclic) bond motifs is 9. The van der Waals surface area contributed by atoms with Gasteiger partial charge in [-0.05, 0) is 60.5 Å². The van der Waals surface area contributed by atoms with Crippen LogP contribution >= 0.6 is 35.3 Å². The van der Waals surface area contributed by atoms with Gasteiger partial charge in [-0.15, -0.1) is 23.1 Å². The van der Waals surface area contributed by atoms with E-state index in [9.17, 15) is 14.4 Å². The van der Waals surface area contributed by atoms with Crippen LogP contribution in [0.25, 0.3) is 0 Å². The zero-order valence-corrected chi connectivity index (χ0v) is 21.8. The number of carboxylic acids is 1. The second-order valence-corrected chi connectivity index (χ2v) is 12.8. The number of aromatic nitrogens is 1. The van der Waals surface area contributed by atoms with Crippen molar-refractivity contribution in [3.63, 3.8) is 0 Å². The summed E-state index contributed by atoms with van der Waals surface area (Å²) >= 11 is 9.15. The van der Waals surface area contributed by atoms with Gasteiger partial charge in [0.05, 0.1) is 24.0 Å². The molecule has 1 aromatic heterocycles. The molecule has 2 aromatic rings. The van der Waals surface area contributed by atoms with Crippen LogP contribution < -0.4 is 4.74 Å². The standard InChI is InChI=1S/C25H26N2O5S3/c1-26-24-21(35-25(26)33)16(11-5-7-12(32-2)8-6-11)17-13-10-14(20(17)34-24)19-18(13)22(30)27(23(19)31)9-3-4-15(28)29/h5-8,13-14,16-20H,3-4,9-10H2,1-2H3,(H,28,29)/t13-,14+,16+,17+,18+,19-,20-/m1/s1. The van der Waals surface area contributed by atoms with E-state index >= 15 is 0 Å². The van der Waals surface area contributed by atoms with E-state index in [1.807, 2.05) is 30.9 Å². The van der Waals surface area contributed by atoms with Gasteiger partial charge in [-0.3, -0.25) is 19.3 Å². The third kappa shape index (κ3) is 3.36. The molecule has 2 bridgehead atoms. The lowest BCUT2D eigenvalue weighted by Crippen LogP contribution is -2.43. The Labute approximate surface area is 216 Å². The molecule has 7 nitrogen and oxygen atoms in total. The van der Waals surface area contributed by atoms with Gasteiger partial charge in [0.1, 0.15) is 5.75 Å². The molecule has 184 valence electrons. The number of carbonyl (C=O) groups is 3. The van der Waals surface area contributed by atoms with E-state index in [1.165, 1.54) is 20.4 Å². The summed E-state index contributed by atoms with van der Waals surface area (Å²) in [7, 11) is 3.67. The van der Waals surface area contributed by atoms with Gasteiger partial charge in [-0.1, -0.05) is 12.1 Å². The largest absolute Gasteiger partial charge is 0.497 e. The Morgan fingerprint density at radius 1 is 1.17 bits per heavy atom. The molecule has 7 atom stereocenters. The minimum absolute atomic E-state index is 0.0417. The quantitative estimate of drug-likeness (QED) is 0.443. The summed E-state index contributed by atoms with van der Waals surface area (Å²) in [5.74, 6) is -0.232. The molecular weight excluding hydrogens is 504 g/mol. The third-order valence-electron chi connectivity index (χ3n) is 8.40. The lowest BCUT2D eigenvalue weighted by Gasteiger charge is -2.43. The third-order valence-corrected chi connectivity index (χ3v) is 11.8. The van der Waals surface area contributed by atoms with Crippen LogP contribution in [0.5, 0.6) is 5.75 Å². The lowest BCUT2D eigenvalue weighted by atomic mass is 9.68. The number of hydrogen-bond donors (Lipinski definition) is 1. The smallest absolute Gasteiger partial charge is 0.303 e. The molecule has 3 fully saturated rings. The number of ether oxygens (including phenoxy) is 1. The summed E-state index contributed by atoms with van der Waals surface area (Å²) in [5.41, 5.74) is 1.19. The second-order valence-electron chi connectivity index (χ2n) is 9.95. The van der Waals surface area contributed by atoms with Gasteiger partial charge in [0.25, 0.3) is 0 Å². The van der Waals surface area contributed by atoms with Crippen LogP contribution in [0.1, 0.15) is 35.6 Å². The Kier molecular flexibility index (Phi) is 5.61. The molecule has 1 saturated heterocycles. The highest BCUT2D eigenvalue weighted by Gasteiger charge is 2.69. The van der Waals surface area contributed by atoms with Crippen LogP contribution in [-0.2, 0) is 21.4 Å². The molecule has 2 aliphatic carbocycles. The number of benzene rings is 1. The number of thioether (sulfide) groups is 1. The molecule has 0 radical (unpaired) electrons. The first-order valence-corrected chi connectivity index (χ1v) is 14.0. The molecule has 3 heterocycles. The van der Waals surface area contributed by atoms with E-state index in [1.54, 1.807) is 18.4 Å². The highest BCUT2D eigenvalue weighted by Crippen LogP contribution is 2.69. The van der Waals surface area contributed by atoms with Gasteiger partial charge >= 0.3 is 5.97 Å². The van der Waals surface area contributed by atoms with Crippen molar-refractivity contribution in [1.29, 1.82) is 0 Å². The van der Waals surface area contributed by atoms with E-state index in [0.717, 1.165) is 16.1 Å². The lowest BCUT2D eigenvalue weighted by molar-refractivity contribution is -0.142. The Balaban J connectivity index is 1.38. The van der Waals surface area contributed by atoms with Crippen molar-refractivity contribution in [2.45, 2.75) is 35.5 Å². The van der Waals surface area contributed by atoms with Crippen LogP contribution in [-0.4, -0.2) is 51.3 Å². The summed E-state index contributed by atoms with van der Waals surface area (Å²) < 4.78 is 8.31. The molecule has 0 unspecified atom stereocenters. The molecule has 1 N–H and O–H groups in total. The summed E-state index contributed by atoms with van der Waals surface area (Å²) in [4.78, 5) is 40.4. The van der Waals surface area contributed by atoms with Crippen molar-refractivity contribution < 1.29 is 24.2 Å². The first-order valence-electron chi connectivity index (χ1n) is 11.9. The minimum atomic E-state index is -0.908. The molecule has 0 spiro atoms. The molecule has 4 aliphatic rings. The predicted octanol–water partition coefficient (Wildman–Crippen LogP) is 4.16. The number of amides is 2. The molecule has 2 saturated carbocycles. The average molecular weight is 531 g/mol. The van der Waals surface area contributed by atoms with Crippen molar-refractivity contribution >= 4 is 53.1 Å². The monoisotopic (exact) mass is 530 g/mol. The zero-order valence-electron chi connectivity index (χ0n) is 19.4. The molecule has 10 heteroatoms. The minimum Gasteiger partial charge on any atom is -0.497 e. The average Bonchev–Trinajstić information content (AvgIpc) is 3.55. The predicted molar refractivity (Wildman–Crippen MR) is 134 cm³/mol. The Hall–Kier alpha value is -2.17. The van der Waals surface area contributed by atoms with Crippen LogP contribution in [0.4, 0.5) is 0 Å². The number of likely N-dealkylation sites (tertiary alicyclic amines) is 1. The molecule has 6 rings (SSSR count). The molecular formula is C25H26N2O5S3. The van der Waals surface area contributed by atoms with Gasteiger partial charge < -0.3 is 14.4 Å². The normalized spacial score (nSPS) is 32.5. The van der Waals surface area contributed by atoms with Crippen molar-refractivity contribution in [1.82, 2.24) is 9.47 Å². The molecule has 2 aliphatic heterocycles. The summed E-state index contributed by atoms with van der Waals surface area (Å²) in [5, 5.41) is 10.4. The Bertz CT molecular complexity index is 1290. The first kappa shape index (κ1) is 23.2. The number of methoxy groups -OCH3 is 1. The van der Waals surface area contributed by atoms with E-state index in [2.05, 4.69) is 16.7 Å². The van der Waals surface area contributed by atoms with Crippen LogP contribution in [0.3, 0.4) is 0 Å². The fourth-order valence-electron chi connectivity index (χ4n) is 7.03. The summed E-state index contributed by atoms with van der Waals surface area (Å²) in [6.07, 6.45) is 1.15. The van der Waals surface area contributed by atoms with Gasteiger partial charge in [-0.25, -0.2) is 0 Å². The second kappa shape index (κ2) is 8.45. The number of carbonyl (C=O) groups excluding carboxylic acids is 2. The molecule has 1 aromatic carbocycles. The van der Waals surface area contributed by atoms with Gasteiger partial charge in [0.2, 0.25) is 11.8 Å². The molecule has 2 amide bonds. The van der Waals surface area contributed by atoms with E-state index in [-0.39, 0.29) is 65.5 Å². The van der Waals surface area contributed by atoms with Crippen molar-refractivity contribution in [2.75, 3.05) is 13.7 Å².